The summed E-state index contributed by atoms with van der Waals surface area (Å²) < 4.78 is 12.6. The molecule has 3 heteroatoms. The first-order chi connectivity index (χ1) is 5.27. The molecule has 0 aromatic carbocycles. The molecule has 2 aliphatic rings. The van der Waals surface area contributed by atoms with Crippen molar-refractivity contribution < 1.29 is 9.50 Å². The number of likely N-dealkylation sites (tertiary alicyclic amines) is 1. The first kappa shape index (κ1) is 7.50. The Bertz CT molecular complexity index is 145. The summed E-state index contributed by atoms with van der Waals surface area (Å²) in [5.41, 5.74) is 0. The van der Waals surface area contributed by atoms with Gasteiger partial charge in [0.15, 0.2) is 0 Å². The van der Waals surface area contributed by atoms with Gasteiger partial charge in [-0.2, -0.15) is 0 Å². The largest absolute Gasteiger partial charge is 0.393 e. The van der Waals surface area contributed by atoms with Crippen molar-refractivity contribution in [3.63, 3.8) is 0 Å². The number of rotatable bonds is 1. The van der Waals surface area contributed by atoms with Gasteiger partial charge in [-0.05, 0) is 19.3 Å². The van der Waals surface area contributed by atoms with Crippen LogP contribution in [0.15, 0.2) is 0 Å². The molecule has 1 N–H and O–H groups in total. The predicted octanol–water partition coefficient (Wildman–Crippen LogP) is 0.554. The molecule has 1 saturated heterocycles. The summed E-state index contributed by atoms with van der Waals surface area (Å²) in [5, 5.41) is 9.17. The quantitative estimate of drug-likeness (QED) is 0.604. The number of hydrogen-bond donors (Lipinski definition) is 1. The van der Waals surface area contributed by atoms with E-state index in [-0.39, 0.29) is 12.1 Å². The van der Waals surface area contributed by atoms with Crippen LogP contribution in [0.3, 0.4) is 0 Å². The zero-order valence-electron chi connectivity index (χ0n) is 6.54. The van der Waals surface area contributed by atoms with Crippen LogP contribution in [0.1, 0.15) is 19.3 Å². The second-order valence-corrected chi connectivity index (χ2v) is 3.59. The molecule has 64 valence electrons. The molecule has 2 nitrogen and oxygen atoms in total. The van der Waals surface area contributed by atoms with Crippen LogP contribution >= 0.6 is 0 Å². The Balaban J connectivity index is 1.79. The van der Waals surface area contributed by atoms with Gasteiger partial charge < -0.3 is 5.11 Å². The monoisotopic (exact) mass is 159 g/mol. The normalized spacial score (nSPS) is 40.9. The van der Waals surface area contributed by atoms with E-state index in [1.54, 1.807) is 0 Å². The van der Waals surface area contributed by atoms with Crippen molar-refractivity contribution in [2.75, 3.05) is 13.1 Å². The second kappa shape index (κ2) is 2.72. The highest BCUT2D eigenvalue weighted by Crippen LogP contribution is 2.32. The van der Waals surface area contributed by atoms with E-state index in [4.69, 9.17) is 0 Å². The Hall–Kier alpha value is -0.150. The number of halogens is 1. The van der Waals surface area contributed by atoms with E-state index in [2.05, 4.69) is 4.90 Å². The number of alkyl halides is 1. The summed E-state index contributed by atoms with van der Waals surface area (Å²) in [6.07, 6.45) is 1.65. The lowest BCUT2D eigenvalue weighted by Gasteiger charge is -2.29. The van der Waals surface area contributed by atoms with Gasteiger partial charge in [-0.3, -0.25) is 4.90 Å². The molecule has 0 aromatic rings. The maximum atomic E-state index is 12.6. The van der Waals surface area contributed by atoms with Crippen LogP contribution in [0, 0.1) is 0 Å². The Labute approximate surface area is 66.0 Å². The average Bonchev–Trinajstić information content (AvgIpc) is 2.69. The first-order valence-electron chi connectivity index (χ1n) is 4.33. The van der Waals surface area contributed by atoms with Gasteiger partial charge in [0.2, 0.25) is 0 Å². The average molecular weight is 159 g/mol. The van der Waals surface area contributed by atoms with E-state index < -0.39 is 6.17 Å². The van der Waals surface area contributed by atoms with Crippen LogP contribution in [0.5, 0.6) is 0 Å². The van der Waals surface area contributed by atoms with Crippen LogP contribution in [0.4, 0.5) is 4.39 Å². The fraction of sp³-hybridized carbons (Fsp3) is 1.00. The fourth-order valence-corrected chi connectivity index (χ4v) is 1.75. The van der Waals surface area contributed by atoms with Crippen LogP contribution in [0.2, 0.25) is 0 Å². The molecule has 2 fully saturated rings. The van der Waals surface area contributed by atoms with Gasteiger partial charge >= 0.3 is 0 Å². The number of aliphatic hydroxyl groups excluding tert-OH is 1. The predicted molar refractivity (Wildman–Crippen MR) is 40.1 cm³/mol. The first-order valence-corrected chi connectivity index (χ1v) is 4.33. The van der Waals surface area contributed by atoms with Crippen LogP contribution in [0.25, 0.3) is 0 Å². The Kier molecular flexibility index (Phi) is 1.85. The molecule has 2 unspecified atom stereocenters. The van der Waals surface area contributed by atoms with E-state index in [0.29, 0.717) is 0 Å². The maximum absolute atomic E-state index is 12.6. The summed E-state index contributed by atoms with van der Waals surface area (Å²) in [7, 11) is 0. The third-order valence-corrected chi connectivity index (χ3v) is 2.65. The van der Waals surface area contributed by atoms with Crippen molar-refractivity contribution in [1.82, 2.24) is 4.90 Å². The van der Waals surface area contributed by atoms with Gasteiger partial charge in [-0.15, -0.1) is 0 Å². The summed E-state index contributed by atoms with van der Waals surface area (Å²) in [5.74, 6) is 0. The minimum Gasteiger partial charge on any atom is -0.393 e. The zero-order valence-corrected chi connectivity index (χ0v) is 6.54. The minimum atomic E-state index is -0.578. The molecule has 2 rings (SSSR count). The van der Waals surface area contributed by atoms with Gasteiger partial charge in [0.1, 0.15) is 6.17 Å². The molecule has 2 atom stereocenters. The highest BCUT2D eigenvalue weighted by Gasteiger charge is 2.42. The van der Waals surface area contributed by atoms with Crippen LogP contribution < -0.4 is 0 Å². The van der Waals surface area contributed by atoms with E-state index in [0.717, 1.165) is 32.4 Å². The van der Waals surface area contributed by atoms with E-state index in [9.17, 15) is 9.50 Å². The van der Waals surface area contributed by atoms with Crippen LogP contribution in [-0.2, 0) is 0 Å². The summed E-state index contributed by atoms with van der Waals surface area (Å²) >= 11 is 0. The summed E-state index contributed by atoms with van der Waals surface area (Å²) in [6, 6.07) is 0.197. The third kappa shape index (κ3) is 1.54. The lowest BCUT2D eigenvalue weighted by Crippen LogP contribution is -2.38. The topological polar surface area (TPSA) is 23.5 Å². The lowest BCUT2D eigenvalue weighted by molar-refractivity contribution is 0.0751. The van der Waals surface area contributed by atoms with E-state index in [1.165, 1.54) is 0 Å². The number of hydrogen-bond acceptors (Lipinski definition) is 2. The molecular weight excluding hydrogens is 145 g/mol. The second-order valence-electron chi connectivity index (χ2n) is 3.59. The standard InChI is InChI=1S/C8H14FNO/c9-7-5-8(7)10-3-1-6(11)2-4-10/h6-8,11H,1-5H2. The molecule has 0 amide bonds. The number of piperidine rings is 1. The third-order valence-electron chi connectivity index (χ3n) is 2.65. The Morgan fingerprint density at radius 3 is 2.27 bits per heavy atom. The molecule has 0 bridgehead atoms. The molecule has 0 spiro atoms. The summed E-state index contributed by atoms with van der Waals surface area (Å²) in [4.78, 5) is 2.16. The van der Waals surface area contributed by atoms with Crippen molar-refractivity contribution in [3.05, 3.63) is 0 Å². The van der Waals surface area contributed by atoms with E-state index in [1.807, 2.05) is 0 Å². The maximum Gasteiger partial charge on any atom is 0.117 e. The molecule has 1 aliphatic carbocycles. The molecule has 0 aromatic heterocycles. The van der Waals surface area contributed by atoms with Crippen molar-refractivity contribution >= 4 is 0 Å². The SMILES string of the molecule is OC1CCN(C2CC2F)CC1. The smallest absolute Gasteiger partial charge is 0.117 e. The number of aliphatic hydroxyl groups is 1. The van der Waals surface area contributed by atoms with Crippen molar-refractivity contribution in [1.29, 1.82) is 0 Å². The molecule has 1 heterocycles. The number of nitrogens with zero attached hydrogens (tertiary/aromatic N) is 1. The van der Waals surface area contributed by atoms with Gasteiger partial charge in [0, 0.05) is 19.1 Å². The van der Waals surface area contributed by atoms with Gasteiger partial charge in [0.05, 0.1) is 6.10 Å². The minimum absolute atomic E-state index is 0.136. The Morgan fingerprint density at radius 2 is 1.82 bits per heavy atom. The fourth-order valence-electron chi connectivity index (χ4n) is 1.75. The molecule has 1 aliphatic heterocycles. The lowest BCUT2D eigenvalue weighted by atomic mass is 10.1. The van der Waals surface area contributed by atoms with Crippen molar-refractivity contribution in [3.8, 4) is 0 Å². The van der Waals surface area contributed by atoms with Gasteiger partial charge in [0.25, 0.3) is 0 Å². The zero-order chi connectivity index (χ0) is 7.84. The molecular formula is C8H14FNO. The van der Waals surface area contributed by atoms with Crippen LogP contribution in [-0.4, -0.2) is 41.4 Å². The Morgan fingerprint density at radius 1 is 1.27 bits per heavy atom. The molecule has 11 heavy (non-hydrogen) atoms. The van der Waals surface area contributed by atoms with Gasteiger partial charge in [-0.25, -0.2) is 4.39 Å². The van der Waals surface area contributed by atoms with E-state index >= 15 is 0 Å². The van der Waals surface area contributed by atoms with Crippen molar-refractivity contribution in [2.45, 2.75) is 37.6 Å². The van der Waals surface area contributed by atoms with Crippen molar-refractivity contribution in [2.24, 2.45) is 0 Å². The molecule has 0 radical (unpaired) electrons. The summed E-state index contributed by atoms with van der Waals surface area (Å²) in [6.45, 7) is 1.76. The van der Waals surface area contributed by atoms with Gasteiger partial charge in [-0.1, -0.05) is 0 Å². The highest BCUT2D eigenvalue weighted by molar-refractivity contribution is 4.96. The molecule has 1 saturated carbocycles. The highest BCUT2D eigenvalue weighted by atomic mass is 19.1.